The fourth-order valence-electron chi connectivity index (χ4n) is 0.628. The molecular weight excluding hydrogens is 175 g/mol. The van der Waals surface area contributed by atoms with Gasteiger partial charge in [-0.25, -0.2) is 4.79 Å². The van der Waals surface area contributed by atoms with Crippen molar-refractivity contribution in [3.05, 3.63) is 11.3 Å². The number of aliphatic carboxylic acids is 1. The Balaban J connectivity index is 4.99. The molecule has 0 aromatic heterocycles. The molecule has 0 unspecified atom stereocenters. The number of carboxylic acid groups (broad SMARTS) is 1. The number of hydrogen-bond acceptors (Lipinski definition) is 2. The molecule has 0 aromatic carbocycles. The lowest BCUT2D eigenvalue weighted by Crippen LogP contribution is -2.24. The fraction of sp³-hybridized carbons (Fsp3) is 0.500. The van der Waals surface area contributed by atoms with Gasteiger partial charge in [-0.1, -0.05) is 6.92 Å². The van der Waals surface area contributed by atoms with Crippen molar-refractivity contribution in [2.24, 2.45) is 5.73 Å². The van der Waals surface area contributed by atoms with E-state index in [9.17, 15) is 18.0 Å². The van der Waals surface area contributed by atoms with Gasteiger partial charge in [-0.3, -0.25) is 0 Å². The smallest absolute Gasteiger partial charge is 0.431 e. The minimum absolute atomic E-state index is 0.249. The lowest BCUT2D eigenvalue weighted by molar-refractivity contribution is -0.134. The largest absolute Gasteiger partial charge is 0.478 e. The number of carbonyl (C=O) groups is 1. The van der Waals surface area contributed by atoms with E-state index in [1.807, 2.05) is 0 Å². The van der Waals surface area contributed by atoms with Gasteiger partial charge in [-0.05, 0) is 6.42 Å². The van der Waals surface area contributed by atoms with E-state index in [2.05, 4.69) is 5.73 Å². The summed E-state index contributed by atoms with van der Waals surface area (Å²) in [4.78, 5) is 10.2. The van der Waals surface area contributed by atoms with Crippen LogP contribution in [0.25, 0.3) is 0 Å². The molecular formula is C6H8F3NO2. The van der Waals surface area contributed by atoms with E-state index in [1.165, 1.54) is 6.92 Å². The molecule has 0 rings (SSSR count). The van der Waals surface area contributed by atoms with Crippen LogP contribution in [0, 0.1) is 0 Å². The van der Waals surface area contributed by atoms with Crippen molar-refractivity contribution in [1.82, 2.24) is 0 Å². The molecule has 0 bridgehead atoms. The minimum Gasteiger partial charge on any atom is -0.478 e. The molecule has 70 valence electrons. The van der Waals surface area contributed by atoms with Gasteiger partial charge in [-0.2, -0.15) is 13.2 Å². The predicted molar refractivity (Wildman–Crippen MR) is 35.2 cm³/mol. The second kappa shape index (κ2) is 3.46. The molecule has 0 heterocycles. The number of carboxylic acids is 1. The monoisotopic (exact) mass is 183 g/mol. The van der Waals surface area contributed by atoms with Crippen molar-refractivity contribution in [2.75, 3.05) is 0 Å². The first-order chi connectivity index (χ1) is 5.30. The maximum Gasteiger partial charge on any atom is 0.431 e. The first-order valence-corrected chi connectivity index (χ1v) is 3.09. The second-order valence-corrected chi connectivity index (χ2v) is 2.05. The van der Waals surface area contributed by atoms with E-state index in [0.717, 1.165) is 0 Å². The Morgan fingerprint density at radius 2 is 1.92 bits per heavy atom. The van der Waals surface area contributed by atoms with Crippen molar-refractivity contribution in [2.45, 2.75) is 19.5 Å². The Morgan fingerprint density at radius 1 is 1.50 bits per heavy atom. The Hall–Kier alpha value is -1.20. The Labute approximate surface area is 66.7 Å². The zero-order chi connectivity index (χ0) is 9.94. The van der Waals surface area contributed by atoms with Gasteiger partial charge in [-0.15, -0.1) is 0 Å². The van der Waals surface area contributed by atoms with Crippen LogP contribution in [-0.2, 0) is 4.79 Å². The van der Waals surface area contributed by atoms with E-state index < -0.39 is 23.4 Å². The molecule has 12 heavy (non-hydrogen) atoms. The third kappa shape index (κ3) is 2.44. The van der Waals surface area contributed by atoms with Crippen molar-refractivity contribution in [3.8, 4) is 0 Å². The van der Waals surface area contributed by atoms with Gasteiger partial charge in [0, 0.05) is 0 Å². The summed E-state index contributed by atoms with van der Waals surface area (Å²) in [7, 11) is 0. The third-order valence-electron chi connectivity index (χ3n) is 1.24. The molecule has 0 aliphatic rings. The summed E-state index contributed by atoms with van der Waals surface area (Å²) in [6.07, 6.45) is -5.01. The summed E-state index contributed by atoms with van der Waals surface area (Å²) in [5, 5.41) is 8.27. The minimum atomic E-state index is -4.76. The van der Waals surface area contributed by atoms with Crippen molar-refractivity contribution in [3.63, 3.8) is 0 Å². The Morgan fingerprint density at radius 3 is 2.00 bits per heavy atom. The maximum atomic E-state index is 11.8. The van der Waals surface area contributed by atoms with Crippen LogP contribution in [0.3, 0.4) is 0 Å². The summed E-state index contributed by atoms with van der Waals surface area (Å²) in [6, 6.07) is 0. The number of hydrogen-bond donors (Lipinski definition) is 2. The average molecular weight is 183 g/mol. The summed E-state index contributed by atoms with van der Waals surface area (Å²) >= 11 is 0. The highest BCUT2D eigenvalue weighted by molar-refractivity contribution is 5.87. The lowest BCUT2D eigenvalue weighted by atomic mass is 10.1. The van der Waals surface area contributed by atoms with Gasteiger partial charge < -0.3 is 10.8 Å². The molecule has 0 aliphatic heterocycles. The molecule has 0 saturated carbocycles. The second-order valence-electron chi connectivity index (χ2n) is 2.05. The molecule has 6 heteroatoms. The molecule has 0 saturated heterocycles. The van der Waals surface area contributed by atoms with Crippen LogP contribution in [0.15, 0.2) is 11.3 Å². The van der Waals surface area contributed by atoms with E-state index in [4.69, 9.17) is 5.11 Å². The SMILES string of the molecule is CCC(C(=O)O)=C(N)C(F)(F)F. The maximum absolute atomic E-state index is 11.8. The van der Waals surface area contributed by atoms with Gasteiger partial charge in [0.2, 0.25) is 0 Å². The van der Waals surface area contributed by atoms with Crippen molar-refractivity contribution < 1.29 is 23.1 Å². The standard InChI is InChI=1S/C6H8F3NO2/c1-2-3(5(11)12)4(10)6(7,8)9/h2,10H2,1H3,(H,11,12). The number of allylic oxidation sites excluding steroid dienone is 1. The van der Waals surface area contributed by atoms with Crippen LogP contribution >= 0.6 is 0 Å². The molecule has 0 amide bonds. The summed E-state index contributed by atoms with van der Waals surface area (Å²) in [5.41, 5.74) is 2.25. The van der Waals surface area contributed by atoms with Gasteiger partial charge in [0.05, 0.1) is 5.57 Å². The summed E-state index contributed by atoms with van der Waals surface area (Å²) in [6.45, 7) is 1.29. The highest BCUT2D eigenvalue weighted by atomic mass is 19.4. The average Bonchev–Trinajstić information content (AvgIpc) is 1.86. The molecule has 0 aromatic rings. The molecule has 0 radical (unpaired) electrons. The van der Waals surface area contributed by atoms with Crippen molar-refractivity contribution >= 4 is 5.97 Å². The topological polar surface area (TPSA) is 63.3 Å². The zero-order valence-corrected chi connectivity index (χ0v) is 6.27. The Bertz CT molecular complexity index is 219. The zero-order valence-electron chi connectivity index (χ0n) is 6.27. The van der Waals surface area contributed by atoms with Gasteiger partial charge in [0.25, 0.3) is 0 Å². The predicted octanol–water partition coefficient (Wildman–Crippen LogP) is 1.26. The van der Waals surface area contributed by atoms with Crippen LogP contribution in [-0.4, -0.2) is 17.3 Å². The van der Waals surface area contributed by atoms with Gasteiger partial charge in [0.15, 0.2) is 0 Å². The first-order valence-electron chi connectivity index (χ1n) is 3.09. The van der Waals surface area contributed by atoms with E-state index in [1.54, 1.807) is 0 Å². The fourth-order valence-corrected chi connectivity index (χ4v) is 0.628. The lowest BCUT2D eigenvalue weighted by Gasteiger charge is -2.09. The van der Waals surface area contributed by atoms with Gasteiger partial charge >= 0.3 is 12.1 Å². The molecule has 3 N–H and O–H groups in total. The number of nitrogens with two attached hydrogens (primary N) is 1. The van der Waals surface area contributed by atoms with Crippen LogP contribution in [0.2, 0.25) is 0 Å². The Kier molecular flexibility index (Phi) is 3.12. The first kappa shape index (κ1) is 10.8. The molecule has 0 aliphatic carbocycles. The van der Waals surface area contributed by atoms with E-state index in [-0.39, 0.29) is 6.42 Å². The summed E-state index contributed by atoms with van der Waals surface area (Å²) < 4.78 is 35.4. The summed E-state index contributed by atoms with van der Waals surface area (Å²) in [5.74, 6) is -1.63. The molecule has 3 nitrogen and oxygen atoms in total. The molecule has 0 spiro atoms. The van der Waals surface area contributed by atoms with E-state index in [0.29, 0.717) is 0 Å². The van der Waals surface area contributed by atoms with Crippen molar-refractivity contribution in [1.29, 1.82) is 0 Å². The van der Waals surface area contributed by atoms with Gasteiger partial charge in [0.1, 0.15) is 5.70 Å². The van der Waals surface area contributed by atoms with Crippen LogP contribution in [0.4, 0.5) is 13.2 Å². The van der Waals surface area contributed by atoms with Crippen LogP contribution in [0.1, 0.15) is 13.3 Å². The third-order valence-corrected chi connectivity index (χ3v) is 1.24. The normalized spacial score (nSPS) is 14.0. The number of halogens is 3. The molecule has 0 fully saturated rings. The number of rotatable bonds is 2. The quantitative estimate of drug-likeness (QED) is 0.633. The highest BCUT2D eigenvalue weighted by Gasteiger charge is 2.35. The molecule has 0 atom stereocenters. The van der Waals surface area contributed by atoms with Crippen LogP contribution < -0.4 is 5.73 Å². The van der Waals surface area contributed by atoms with Crippen LogP contribution in [0.5, 0.6) is 0 Å². The number of alkyl halides is 3. The highest BCUT2D eigenvalue weighted by Crippen LogP contribution is 2.25. The van der Waals surface area contributed by atoms with E-state index >= 15 is 0 Å².